The van der Waals surface area contributed by atoms with Crippen molar-refractivity contribution in [2.75, 3.05) is 17.4 Å². The third-order valence-corrected chi connectivity index (χ3v) is 8.36. The molecule has 1 atom stereocenters. The highest BCUT2D eigenvalue weighted by Gasteiger charge is 2.32. The van der Waals surface area contributed by atoms with Gasteiger partial charge in [-0.1, -0.05) is 74.8 Å². The molecule has 2 amide bonds. The highest BCUT2D eigenvalue weighted by Crippen LogP contribution is 2.25. The molecule has 3 rings (SSSR count). The van der Waals surface area contributed by atoms with Crippen LogP contribution in [0.5, 0.6) is 0 Å². The van der Waals surface area contributed by atoms with Gasteiger partial charge >= 0.3 is 0 Å². The molecule has 0 saturated heterocycles. The molecule has 208 valence electrons. The van der Waals surface area contributed by atoms with Gasteiger partial charge in [0.1, 0.15) is 12.6 Å². The van der Waals surface area contributed by atoms with E-state index in [9.17, 15) is 18.0 Å². The highest BCUT2D eigenvalue weighted by atomic mass is 35.5. The van der Waals surface area contributed by atoms with Gasteiger partial charge in [0.2, 0.25) is 11.8 Å². The van der Waals surface area contributed by atoms with Gasteiger partial charge in [-0.3, -0.25) is 13.9 Å². The third kappa shape index (κ3) is 8.07. The van der Waals surface area contributed by atoms with Gasteiger partial charge in [0.05, 0.1) is 10.6 Å². The highest BCUT2D eigenvalue weighted by molar-refractivity contribution is 7.92. The predicted molar refractivity (Wildman–Crippen MR) is 156 cm³/mol. The van der Waals surface area contributed by atoms with Gasteiger partial charge in [0.25, 0.3) is 10.0 Å². The van der Waals surface area contributed by atoms with Crippen LogP contribution in [0.4, 0.5) is 5.69 Å². The first-order valence-corrected chi connectivity index (χ1v) is 14.8. The monoisotopic (exact) mass is 569 g/mol. The zero-order chi connectivity index (χ0) is 28.6. The largest absolute Gasteiger partial charge is 0.354 e. The van der Waals surface area contributed by atoms with Crippen LogP contribution in [0.15, 0.2) is 83.8 Å². The molecule has 0 aliphatic heterocycles. The molecular formula is C30H36ClN3O4S. The van der Waals surface area contributed by atoms with E-state index in [1.165, 1.54) is 17.0 Å². The summed E-state index contributed by atoms with van der Waals surface area (Å²) in [6.07, 6.45) is 0.793. The van der Waals surface area contributed by atoms with E-state index >= 15 is 0 Å². The molecule has 0 aliphatic carbocycles. The zero-order valence-corrected chi connectivity index (χ0v) is 24.4. The summed E-state index contributed by atoms with van der Waals surface area (Å²) in [6, 6.07) is 21.3. The molecule has 9 heteroatoms. The number of halogens is 1. The van der Waals surface area contributed by atoms with Crippen LogP contribution in [0, 0.1) is 5.92 Å². The first-order chi connectivity index (χ1) is 18.5. The maximum absolute atomic E-state index is 13.9. The molecule has 0 heterocycles. The SMILES string of the molecule is CCc1ccc(N(CC(=O)N(Cc2cccc(Cl)c2)[C@@H](C)C(=O)NCC(C)C)S(=O)(=O)c2ccccc2)cc1. The number of amides is 2. The lowest BCUT2D eigenvalue weighted by atomic mass is 10.1. The van der Waals surface area contributed by atoms with Gasteiger partial charge in [-0.2, -0.15) is 0 Å². The molecule has 0 fully saturated rings. The molecule has 3 aromatic carbocycles. The van der Waals surface area contributed by atoms with Crippen molar-refractivity contribution in [3.63, 3.8) is 0 Å². The molecule has 0 unspecified atom stereocenters. The van der Waals surface area contributed by atoms with E-state index in [1.54, 1.807) is 55.5 Å². The Morgan fingerprint density at radius 2 is 1.56 bits per heavy atom. The number of hydrogen-bond donors (Lipinski definition) is 1. The number of carbonyl (C=O) groups excluding carboxylic acids is 2. The lowest BCUT2D eigenvalue weighted by molar-refractivity contribution is -0.139. The van der Waals surface area contributed by atoms with Crippen molar-refractivity contribution in [2.24, 2.45) is 5.92 Å². The van der Waals surface area contributed by atoms with Crippen LogP contribution in [0.25, 0.3) is 0 Å². The fraction of sp³-hybridized carbons (Fsp3) is 0.333. The van der Waals surface area contributed by atoms with E-state index in [-0.39, 0.29) is 23.3 Å². The Labute approximate surface area is 236 Å². The molecule has 0 radical (unpaired) electrons. The molecule has 0 saturated carbocycles. The summed E-state index contributed by atoms with van der Waals surface area (Å²) >= 11 is 6.18. The molecule has 0 bridgehead atoms. The number of rotatable bonds is 12. The average molecular weight is 570 g/mol. The second-order valence-electron chi connectivity index (χ2n) is 9.81. The molecule has 3 aromatic rings. The Morgan fingerprint density at radius 1 is 0.897 bits per heavy atom. The van der Waals surface area contributed by atoms with E-state index in [0.717, 1.165) is 21.9 Å². The van der Waals surface area contributed by atoms with E-state index in [4.69, 9.17) is 11.6 Å². The smallest absolute Gasteiger partial charge is 0.264 e. The molecule has 7 nitrogen and oxygen atoms in total. The summed E-state index contributed by atoms with van der Waals surface area (Å²) in [6.45, 7) is 7.68. The van der Waals surface area contributed by atoms with Crippen molar-refractivity contribution in [3.8, 4) is 0 Å². The lowest BCUT2D eigenvalue weighted by Gasteiger charge is -2.32. The fourth-order valence-corrected chi connectivity index (χ4v) is 5.66. The minimum atomic E-state index is -4.09. The third-order valence-electron chi connectivity index (χ3n) is 6.34. The van der Waals surface area contributed by atoms with E-state index in [1.807, 2.05) is 39.0 Å². The number of benzene rings is 3. The molecule has 0 spiro atoms. The Kier molecular flexibility index (Phi) is 10.5. The van der Waals surface area contributed by atoms with Gasteiger partial charge in [-0.05, 0) is 66.8 Å². The fourth-order valence-electron chi connectivity index (χ4n) is 4.01. The van der Waals surface area contributed by atoms with Crippen LogP contribution >= 0.6 is 11.6 Å². The van der Waals surface area contributed by atoms with Gasteiger partial charge in [-0.25, -0.2) is 8.42 Å². The van der Waals surface area contributed by atoms with Crippen molar-refractivity contribution >= 4 is 39.1 Å². The summed E-state index contributed by atoms with van der Waals surface area (Å²) in [4.78, 5) is 28.4. The van der Waals surface area contributed by atoms with E-state index < -0.39 is 28.5 Å². The number of carbonyl (C=O) groups is 2. The summed E-state index contributed by atoms with van der Waals surface area (Å²) in [5.41, 5.74) is 2.13. The molecule has 1 N–H and O–H groups in total. The van der Waals surface area contributed by atoms with Gasteiger partial charge < -0.3 is 10.2 Å². The molecule has 0 aromatic heterocycles. The number of sulfonamides is 1. The van der Waals surface area contributed by atoms with E-state index in [0.29, 0.717) is 17.3 Å². The Balaban J connectivity index is 2.00. The maximum Gasteiger partial charge on any atom is 0.264 e. The summed E-state index contributed by atoms with van der Waals surface area (Å²) in [5.74, 6) is -0.596. The molecular weight excluding hydrogens is 534 g/mol. The second-order valence-corrected chi connectivity index (χ2v) is 12.1. The van der Waals surface area contributed by atoms with Crippen molar-refractivity contribution in [3.05, 3.63) is 95.0 Å². The Hall–Kier alpha value is -3.36. The number of hydrogen-bond acceptors (Lipinski definition) is 4. The summed E-state index contributed by atoms with van der Waals surface area (Å²) in [7, 11) is -4.09. The average Bonchev–Trinajstić information content (AvgIpc) is 2.93. The Bertz CT molecular complexity index is 1360. The topological polar surface area (TPSA) is 86.8 Å². The maximum atomic E-state index is 13.9. The van der Waals surface area contributed by atoms with Crippen LogP contribution in [0.3, 0.4) is 0 Å². The summed E-state index contributed by atoms with van der Waals surface area (Å²) in [5, 5.41) is 3.38. The van der Waals surface area contributed by atoms with Crippen molar-refractivity contribution in [1.29, 1.82) is 0 Å². The number of anilines is 1. The minimum absolute atomic E-state index is 0.0708. The first-order valence-electron chi connectivity index (χ1n) is 13.0. The van der Waals surface area contributed by atoms with Crippen LogP contribution in [-0.4, -0.2) is 44.3 Å². The van der Waals surface area contributed by atoms with Crippen molar-refractivity contribution in [1.82, 2.24) is 10.2 Å². The summed E-state index contributed by atoms with van der Waals surface area (Å²) < 4.78 is 28.7. The van der Waals surface area contributed by atoms with Gasteiger partial charge in [0.15, 0.2) is 0 Å². The lowest BCUT2D eigenvalue weighted by Crippen LogP contribution is -2.51. The zero-order valence-electron chi connectivity index (χ0n) is 22.8. The number of aryl methyl sites for hydroxylation is 1. The Morgan fingerprint density at radius 3 is 2.15 bits per heavy atom. The van der Waals surface area contributed by atoms with Crippen LogP contribution in [0.1, 0.15) is 38.8 Å². The quantitative estimate of drug-likeness (QED) is 0.321. The van der Waals surface area contributed by atoms with Crippen LogP contribution in [-0.2, 0) is 32.6 Å². The number of nitrogens with one attached hydrogen (secondary N) is 1. The molecule has 39 heavy (non-hydrogen) atoms. The number of nitrogens with zero attached hydrogens (tertiary/aromatic N) is 2. The minimum Gasteiger partial charge on any atom is -0.354 e. The van der Waals surface area contributed by atoms with Crippen LogP contribution < -0.4 is 9.62 Å². The van der Waals surface area contributed by atoms with Gasteiger partial charge in [-0.15, -0.1) is 0 Å². The van der Waals surface area contributed by atoms with Crippen molar-refractivity contribution < 1.29 is 18.0 Å². The van der Waals surface area contributed by atoms with Gasteiger partial charge in [0, 0.05) is 18.1 Å². The van der Waals surface area contributed by atoms with E-state index in [2.05, 4.69) is 5.32 Å². The standard InChI is InChI=1S/C30H36ClN3O4S/c1-5-24-14-16-27(17-15-24)34(39(37,38)28-12-7-6-8-13-28)21-29(35)33(20-25-10-9-11-26(31)18-25)23(4)30(36)32-19-22(2)3/h6-18,22-23H,5,19-21H2,1-4H3,(H,32,36)/t23-/m0/s1. The predicted octanol–water partition coefficient (Wildman–Crippen LogP) is 5.29. The molecule has 0 aliphatic rings. The first kappa shape index (κ1) is 30.2. The normalized spacial score (nSPS) is 12.2. The second kappa shape index (κ2) is 13.6. The van der Waals surface area contributed by atoms with Crippen molar-refractivity contribution in [2.45, 2.75) is 51.6 Å². The van der Waals surface area contributed by atoms with Crippen LogP contribution in [0.2, 0.25) is 5.02 Å².